The second-order valence-corrected chi connectivity index (χ2v) is 7.07. The molecular formula is C20H20FN7OS. The Morgan fingerprint density at radius 2 is 2.03 bits per heavy atom. The number of carbonyl (C=O) groups excluding carboxylic acids is 1. The highest BCUT2D eigenvalue weighted by atomic mass is 32.2. The number of nitrogens with one attached hydrogen (secondary N) is 2. The van der Waals surface area contributed by atoms with E-state index >= 15 is 0 Å². The predicted octanol–water partition coefficient (Wildman–Crippen LogP) is 3.36. The number of nitrogen functional groups attached to an aromatic ring is 1. The van der Waals surface area contributed by atoms with Gasteiger partial charge in [-0.15, -0.1) is 10.2 Å². The van der Waals surface area contributed by atoms with Gasteiger partial charge in [0, 0.05) is 5.69 Å². The van der Waals surface area contributed by atoms with Crippen LogP contribution in [0, 0.1) is 5.82 Å². The number of carbonyl (C=O) groups is 1. The molecule has 0 unspecified atom stereocenters. The molecule has 3 rings (SSSR count). The van der Waals surface area contributed by atoms with E-state index in [2.05, 4.69) is 26.0 Å². The van der Waals surface area contributed by atoms with Crippen molar-refractivity contribution in [2.24, 2.45) is 5.10 Å². The van der Waals surface area contributed by atoms with Crippen LogP contribution in [0.25, 0.3) is 6.08 Å². The predicted molar refractivity (Wildman–Crippen MR) is 118 cm³/mol. The van der Waals surface area contributed by atoms with Crippen LogP contribution in [0.5, 0.6) is 0 Å². The first-order valence-corrected chi connectivity index (χ1v) is 9.92. The molecule has 8 nitrogen and oxygen atoms in total. The number of anilines is 2. The van der Waals surface area contributed by atoms with Crippen molar-refractivity contribution in [3.8, 4) is 0 Å². The summed E-state index contributed by atoms with van der Waals surface area (Å²) in [6.45, 7) is 1.83. The number of amides is 1. The SMILES string of the molecule is CC(/C=C/c1ccccc1)=N\Nc1nnc(SCC(=O)Nc2cccc(F)c2)n1N. The fourth-order valence-electron chi connectivity index (χ4n) is 2.30. The van der Waals surface area contributed by atoms with E-state index in [-0.39, 0.29) is 17.6 Å². The number of aromatic nitrogens is 3. The van der Waals surface area contributed by atoms with Gasteiger partial charge in [-0.3, -0.25) is 4.79 Å². The van der Waals surface area contributed by atoms with Crippen LogP contribution in [0.15, 0.2) is 70.9 Å². The van der Waals surface area contributed by atoms with Crippen LogP contribution < -0.4 is 16.6 Å². The van der Waals surface area contributed by atoms with Gasteiger partial charge >= 0.3 is 0 Å². The van der Waals surface area contributed by atoms with Gasteiger partial charge in [-0.05, 0) is 36.8 Å². The second kappa shape index (κ2) is 10.2. The van der Waals surface area contributed by atoms with E-state index in [0.29, 0.717) is 16.6 Å². The van der Waals surface area contributed by atoms with E-state index in [1.807, 2.05) is 49.4 Å². The summed E-state index contributed by atoms with van der Waals surface area (Å²) in [6.07, 6.45) is 3.79. The number of nitrogens with zero attached hydrogens (tertiary/aromatic N) is 4. The number of rotatable bonds is 8. The largest absolute Gasteiger partial charge is 0.334 e. The van der Waals surface area contributed by atoms with Crippen molar-refractivity contribution in [3.05, 3.63) is 72.1 Å². The molecule has 1 heterocycles. The average molecular weight is 425 g/mol. The fraction of sp³-hybridized carbons (Fsp3) is 0.100. The Labute approximate surface area is 177 Å². The molecule has 0 bridgehead atoms. The van der Waals surface area contributed by atoms with Gasteiger partial charge in [0.05, 0.1) is 11.5 Å². The Morgan fingerprint density at radius 1 is 1.23 bits per heavy atom. The van der Waals surface area contributed by atoms with Crippen LogP contribution >= 0.6 is 11.8 Å². The standard InChI is InChI=1S/C20H20FN7OS/c1-14(10-11-15-6-3-2-4-7-15)24-25-19-26-27-20(28(19)22)30-13-18(29)23-17-9-5-8-16(21)12-17/h2-12H,13,22H2,1H3,(H,23,29)(H,25,26)/b11-10+,24-14+. The number of thioether (sulfide) groups is 1. The molecule has 1 amide bonds. The maximum Gasteiger partial charge on any atom is 0.264 e. The highest BCUT2D eigenvalue weighted by Gasteiger charge is 2.12. The highest BCUT2D eigenvalue weighted by Crippen LogP contribution is 2.17. The van der Waals surface area contributed by atoms with Crippen LogP contribution in [-0.4, -0.2) is 32.2 Å². The molecule has 0 aliphatic heterocycles. The molecule has 0 radical (unpaired) electrons. The van der Waals surface area contributed by atoms with E-state index in [9.17, 15) is 9.18 Å². The summed E-state index contributed by atoms with van der Waals surface area (Å²) in [7, 11) is 0. The molecule has 0 spiro atoms. The van der Waals surface area contributed by atoms with Crippen molar-refractivity contribution in [1.29, 1.82) is 0 Å². The Balaban J connectivity index is 1.52. The lowest BCUT2D eigenvalue weighted by Crippen LogP contribution is -2.17. The zero-order valence-corrected chi connectivity index (χ0v) is 16.9. The van der Waals surface area contributed by atoms with Crippen molar-refractivity contribution in [3.63, 3.8) is 0 Å². The first kappa shape index (κ1) is 21.1. The highest BCUT2D eigenvalue weighted by molar-refractivity contribution is 7.99. The van der Waals surface area contributed by atoms with E-state index < -0.39 is 5.82 Å². The maximum absolute atomic E-state index is 13.2. The Kier molecular flexibility index (Phi) is 7.17. The van der Waals surface area contributed by atoms with Gasteiger partial charge in [0.2, 0.25) is 11.1 Å². The Hall–Kier alpha value is -3.66. The molecule has 2 aromatic carbocycles. The van der Waals surface area contributed by atoms with Gasteiger partial charge in [0.1, 0.15) is 5.82 Å². The minimum Gasteiger partial charge on any atom is -0.334 e. The van der Waals surface area contributed by atoms with E-state index in [0.717, 1.165) is 17.3 Å². The minimum absolute atomic E-state index is 0.0357. The van der Waals surface area contributed by atoms with E-state index in [1.165, 1.54) is 22.9 Å². The molecular weight excluding hydrogens is 405 g/mol. The molecule has 3 aromatic rings. The average Bonchev–Trinajstić information content (AvgIpc) is 3.09. The number of hydrogen-bond acceptors (Lipinski definition) is 7. The molecule has 0 aliphatic rings. The van der Waals surface area contributed by atoms with Crippen LogP contribution in [-0.2, 0) is 4.79 Å². The van der Waals surface area contributed by atoms with Crippen LogP contribution in [0.4, 0.5) is 16.0 Å². The number of hydrogen-bond donors (Lipinski definition) is 3. The molecule has 154 valence electrons. The summed E-state index contributed by atoms with van der Waals surface area (Å²) in [5, 5.41) is 15.0. The summed E-state index contributed by atoms with van der Waals surface area (Å²) in [5.74, 6) is 5.48. The number of nitrogens with two attached hydrogens (primary N) is 1. The number of benzene rings is 2. The summed E-state index contributed by atoms with van der Waals surface area (Å²) < 4.78 is 14.4. The van der Waals surface area contributed by atoms with Crippen LogP contribution in [0.3, 0.4) is 0 Å². The van der Waals surface area contributed by atoms with Crippen LogP contribution in [0.2, 0.25) is 0 Å². The molecule has 0 fully saturated rings. The second-order valence-electron chi connectivity index (χ2n) is 6.13. The third-order valence-electron chi connectivity index (χ3n) is 3.75. The molecule has 10 heteroatoms. The van der Waals surface area contributed by atoms with E-state index in [1.54, 1.807) is 6.07 Å². The Morgan fingerprint density at radius 3 is 2.80 bits per heavy atom. The first-order valence-electron chi connectivity index (χ1n) is 8.93. The van der Waals surface area contributed by atoms with Gasteiger partial charge in [0.25, 0.3) is 5.95 Å². The zero-order valence-electron chi connectivity index (χ0n) is 16.1. The van der Waals surface area contributed by atoms with Gasteiger partial charge in [-0.25, -0.2) is 14.5 Å². The topological polar surface area (TPSA) is 110 Å². The third kappa shape index (κ3) is 6.17. The monoisotopic (exact) mass is 425 g/mol. The number of hydrazone groups is 1. The summed E-state index contributed by atoms with van der Waals surface area (Å²) >= 11 is 1.10. The Bertz CT molecular complexity index is 1070. The quantitative estimate of drug-likeness (QED) is 0.221. The van der Waals surface area contributed by atoms with Gasteiger partial charge in [0.15, 0.2) is 0 Å². The van der Waals surface area contributed by atoms with Crippen molar-refractivity contribution >= 4 is 41.1 Å². The molecule has 0 saturated heterocycles. The maximum atomic E-state index is 13.2. The molecule has 4 N–H and O–H groups in total. The number of allylic oxidation sites excluding steroid dienone is 1. The third-order valence-corrected chi connectivity index (χ3v) is 4.70. The molecule has 30 heavy (non-hydrogen) atoms. The van der Waals surface area contributed by atoms with Gasteiger partial charge in [-0.1, -0.05) is 54.2 Å². The van der Waals surface area contributed by atoms with E-state index in [4.69, 9.17) is 5.84 Å². The lowest BCUT2D eigenvalue weighted by atomic mass is 10.2. The summed E-state index contributed by atoms with van der Waals surface area (Å²) in [5.41, 5.74) is 4.90. The molecule has 0 atom stereocenters. The zero-order chi connectivity index (χ0) is 21.3. The summed E-state index contributed by atoms with van der Waals surface area (Å²) in [6, 6.07) is 15.5. The fourth-order valence-corrected chi connectivity index (χ4v) is 2.96. The number of halogens is 1. The van der Waals surface area contributed by atoms with Crippen molar-refractivity contribution < 1.29 is 9.18 Å². The normalized spacial score (nSPS) is 11.6. The minimum atomic E-state index is -0.424. The smallest absolute Gasteiger partial charge is 0.264 e. The van der Waals surface area contributed by atoms with Crippen molar-refractivity contribution in [2.45, 2.75) is 12.1 Å². The molecule has 0 aliphatic carbocycles. The van der Waals surface area contributed by atoms with Crippen molar-refractivity contribution in [1.82, 2.24) is 14.9 Å². The van der Waals surface area contributed by atoms with Gasteiger partial charge in [-0.2, -0.15) is 5.10 Å². The molecule has 0 saturated carbocycles. The first-order chi connectivity index (χ1) is 14.5. The molecule has 1 aromatic heterocycles. The summed E-state index contributed by atoms with van der Waals surface area (Å²) in [4.78, 5) is 12.0. The van der Waals surface area contributed by atoms with Crippen molar-refractivity contribution in [2.75, 3.05) is 22.3 Å². The lowest BCUT2D eigenvalue weighted by Gasteiger charge is -2.05. The lowest BCUT2D eigenvalue weighted by molar-refractivity contribution is -0.113. The van der Waals surface area contributed by atoms with Gasteiger partial charge < -0.3 is 11.2 Å². The van der Waals surface area contributed by atoms with Crippen LogP contribution in [0.1, 0.15) is 12.5 Å².